The third kappa shape index (κ3) is 4.41. The fourth-order valence-corrected chi connectivity index (χ4v) is 0.667. The molecule has 0 saturated heterocycles. The van der Waals surface area contributed by atoms with Crippen LogP contribution < -0.4 is 4.74 Å². The molecule has 0 fully saturated rings. The monoisotopic (exact) mass is 206 g/mol. The van der Waals surface area contributed by atoms with Crippen LogP contribution in [0.2, 0.25) is 0 Å². The number of hydrogen-bond acceptors (Lipinski definition) is 3. The molecule has 0 bridgehead atoms. The van der Waals surface area contributed by atoms with E-state index in [1.807, 2.05) is 0 Å². The summed E-state index contributed by atoms with van der Waals surface area (Å²) in [6.45, 7) is 1.17. The van der Waals surface area contributed by atoms with Crippen molar-refractivity contribution in [2.75, 3.05) is 0 Å². The first-order chi connectivity index (χ1) is 5.70. The summed E-state index contributed by atoms with van der Waals surface area (Å²) in [5, 5.41) is 0. The topological polar surface area (TPSA) is 43.4 Å². The van der Waals surface area contributed by atoms with E-state index in [-0.39, 0.29) is 37.7 Å². The number of esters is 1. The van der Waals surface area contributed by atoms with E-state index in [4.69, 9.17) is 0 Å². The van der Waals surface area contributed by atoms with Gasteiger partial charge in [-0.05, 0) is 12.1 Å². The standard InChI is InChI=1S/C9H8O3.Ca.2H/c1-7(10)9(11)12-8-5-3-2-4-6-8;;;/h2-6H,1H3;;;. The zero-order valence-electron chi connectivity index (χ0n) is 6.61. The summed E-state index contributed by atoms with van der Waals surface area (Å²) in [7, 11) is 0. The zero-order valence-corrected chi connectivity index (χ0v) is 6.61. The van der Waals surface area contributed by atoms with Crippen molar-refractivity contribution in [2.45, 2.75) is 6.92 Å². The average molecular weight is 206 g/mol. The molecule has 1 rings (SSSR count). The summed E-state index contributed by atoms with van der Waals surface area (Å²) in [6, 6.07) is 8.47. The van der Waals surface area contributed by atoms with Gasteiger partial charge in [0.05, 0.1) is 0 Å². The number of carbonyl (C=O) groups is 2. The number of ketones is 1. The second-order valence-corrected chi connectivity index (χ2v) is 2.26. The molecular weight excluding hydrogens is 196 g/mol. The molecule has 0 heterocycles. The summed E-state index contributed by atoms with van der Waals surface area (Å²) in [5.41, 5.74) is 0. The van der Waals surface area contributed by atoms with E-state index in [1.54, 1.807) is 30.3 Å². The molecule has 66 valence electrons. The van der Waals surface area contributed by atoms with Crippen molar-refractivity contribution in [3.63, 3.8) is 0 Å². The summed E-state index contributed by atoms with van der Waals surface area (Å²) in [4.78, 5) is 21.2. The van der Waals surface area contributed by atoms with Crippen LogP contribution >= 0.6 is 0 Å². The van der Waals surface area contributed by atoms with Gasteiger partial charge in [0.2, 0.25) is 5.78 Å². The first-order valence-electron chi connectivity index (χ1n) is 3.48. The van der Waals surface area contributed by atoms with Gasteiger partial charge < -0.3 is 4.74 Å². The van der Waals surface area contributed by atoms with Crippen molar-refractivity contribution in [3.05, 3.63) is 30.3 Å². The Morgan fingerprint density at radius 3 is 2.15 bits per heavy atom. The first kappa shape index (κ1) is 12.6. The molecule has 0 aliphatic carbocycles. The van der Waals surface area contributed by atoms with Crippen LogP contribution in [-0.2, 0) is 9.59 Å². The normalized spacial score (nSPS) is 8.38. The van der Waals surface area contributed by atoms with E-state index in [1.165, 1.54) is 6.92 Å². The Kier molecular flexibility index (Phi) is 5.95. The van der Waals surface area contributed by atoms with Crippen molar-refractivity contribution in [1.29, 1.82) is 0 Å². The minimum atomic E-state index is -0.832. The van der Waals surface area contributed by atoms with Gasteiger partial charge in [0.25, 0.3) is 0 Å². The van der Waals surface area contributed by atoms with Crippen LogP contribution in [0.3, 0.4) is 0 Å². The number of carbonyl (C=O) groups excluding carboxylic acids is 2. The van der Waals surface area contributed by atoms with Crippen molar-refractivity contribution >= 4 is 49.5 Å². The molecule has 3 nitrogen and oxygen atoms in total. The Labute approximate surface area is 106 Å². The Morgan fingerprint density at radius 1 is 1.15 bits per heavy atom. The van der Waals surface area contributed by atoms with Crippen LogP contribution in [0.1, 0.15) is 6.92 Å². The number of para-hydroxylation sites is 1. The van der Waals surface area contributed by atoms with E-state index in [9.17, 15) is 9.59 Å². The van der Waals surface area contributed by atoms with Gasteiger partial charge in [-0.2, -0.15) is 0 Å². The quantitative estimate of drug-likeness (QED) is 0.302. The zero-order chi connectivity index (χ0) is 8.97. The Hall–Kier alpha value is -0.380. The molecule has 0 spiro atoms. The Bertz CT molecular complexity index is 295. The van der Waals surface area contributed by atoms with Gasteiger partial charge in [-0.25, -0.2) is 4.79 Å². The van der Waals surface area contributed by atoms with Gasteiger partial charge in [-0.3, -0.25) is 4.79 Å². The van der Waals surface area contributed by atoms with Gasteiger partial charge >= 0.3 is 43.7 Å². The molecule has 0 aromatic heterocycles. The van der Waals surface area contributed by atoms with Crippen LogP contribution in [0.15, 0.2) is 30.3 Å². The molecule has 0 unspecified atom stereocenters. The SMILES string of the molecule is CC(=O)C(=O)Oc1ccccc1.[CaH2]. The van der Waals surface area contributed by atoms with Gasteiger partial charge in [0.15, 0.2) is 0 Å². The Balaban J connectivity index is 0.00000144. The molecule has 0 amide bonds. The van der Waals surface area contributed by atoms with E-state index in [0.717, 1.165) is 0 Å². The molecule has 0 saturated carbocycles. The molecular formula is C9H10CaO3. The predicted molar refractivity (Wildman–Crippen MR) is 51.3 cm³/mol. The van der Waals surface area contributed by atoms with Gasteiger partial charge in [-0.15, -0.1) is 0 Å². The van der Waals surface area contributed by atoms with Crippen molar-refractivity contribution in [1.82, 2.24) is 0 Å². The van der Waals surface area contributed by atoms with Crippen LogP contribution in [-0.4, -0.2) is 49.5 Å². The molecule has 4 heteroatoms. The van der Waals surface area contributed by atoms with Crippen LogP contribution in [0.5, 0.6) is 5.75 Å². The number of rotatable bonds is 2. The first-order valence-corrected chi connectivity index (χ1v) is 3.48. The average Bonchev–Trinajstić information content (AvgIpc) is 2.06. The second kappa shape index (κ2) is 6.13. The maximum absolute atomic E-state index is 10.7. The van der Waals surface area contributed by atoms with E-state index < -0.39 is 11.8 Å². The summed E-state index contributed by atoms with van der Waals surface area (Å²) < 4.78 is 4.69. The molecule has 0 radical (unpaired) electrons. The van der Waals surface area contributed by atoms with Crippen molar-refractivity contribution in [2.24, 2.45) is 0 Å². The summed E-state index contributed by atoms with van der Waals surface area (Å²) in [5.74, 6) is -1.04. The van der Waals surface area contributed by atoms with Gasteiger partial charge in [0.1, 0.15) is 5.75 Å². The van der Waals surface area contributed by atoms with Crippen molar-refractivity contribution < 1.29 is 14.3 Å². The van der Waals surface area contributed by atoms with Crippen molar-refractivity contribution in [3.8, 4) is 5.75 Å². The molecule has 1 aromatic carbocycles. The fourth-order valence-electron chi connectivity index (χ4n) is 0.667. The third-order valence-corrected chi connectivity index (χ3v) is 1.24. The second-order valence-electron chi connectivity index (χ2n) is 2.26. The molecule has 0 atom stereocenters. The van der Waals surface area contributed by atoms with Gasteiger partial charge in [-0.1, -0.05) is 18.2 Å². The molecule has 13 heavy (non-hydrogen) atoms. The van der Waals surface area contributed by atoms with Gasteiger partial charge in [0, 0.05) is 6.92 Å². The molecule has 0 aliphatic rings. The van der Waals surface area contributed by atoms with E-state index in [0.29, 0.717) is 5.75 Å². The fraction of sp³-hybridized carbons (Fsp3) is 0.111. The van der Waals surface area contributed by atoms with E-state index >= 15 is 0 Å². The minimum absolute atomic E-state index is 0. The van der Waals surface area contributed by atoms with Crippen LogP contribution in [0, 0.1) is 0 Å². The van der Waals surface area contributed by atoms with E-state index in [2.05, 4.69) is 4.74 Å². The van der Waals surface area contributed by atoms with Crippen LogP contribution in [0.4, 0.5) is 0 Å². The molecule has 1 aromatic rings. The molecule has 0 N–H and O–H groups in total. The predicted octanol–water partition coefficient (Wildman–Crippen LogP) is 0.265. The molecule has 0 aliphatic heterocycles. The number of benzene rings is 1. The Morgan fingerprint density at radius 2 is 1.69 bits per heavy atom. The summed E-state index contributed by atoms with van der Waals surface area (Å²) >= 11 is 0. The maximum atomic E-state index is 10.7. The number of ether oxygens (including phenoxy) is 1. The number of hydrogen-bond donors (Lipinski definition) is 0. The third-order valence-electron chi connectivity index (χ3n) is 1.24. The number of Topliss-reactive ketones (excluding diaryl/α,β-unsaturated/α-hetero) is 1. The van der Waals surface area contributed by atoms with Crippen LogP contribution in [0.25, 0.3) is 0 Å². The summed E-state index contributed by atoms with van der Waals surface area (Å²) in [6.07, 6.45) is 0.